The molecule has 2 aliphatic rings. The predicted molar refractivity (Wildman–Crippen MR) is 68.4 cm³/mol. The molecule has 93 valence electrons. The third-order valence-electron chi connectivity index (χ3n) is 2.29. The van der Waals surface area contributed by atoms with Crippen LogP contribution in [0.15, 0.2) is 35.5 Å². The van der Waals surface area contributed by atoms with E-state index in [9.17, 15) is 0 Å². The van der Waals surface area contributed by atoms with Crippen molar-refractivity contribution in [2.24, 2.45) is 0 Å². The molecule has 0 aromatic heterocycles. The number of hydrogen-bond acceptors (Lipinski definition) is 1. The Labute approximate surface area is 121 Å². The van der Waals surface area contributed by atoms with E-state index in [1.807, 2.05) is 0 Å². The SMILES string of the molecule is CCC1=[C-]CC=C1.CCC1=[C-]CC=C1.[CH-]=O.[Ta]. The summed E-state index contributed by atoms with van der Waals surface area (Å²) in [7, 11) is 0. The predicted octanol–water partition coefficient (Wildman–Crippen LogP) is 3.90. The van der Waals surface area contributed by atoms with Crippen molar-refractivity contribution in [1.29, 1.82) is 0 Å². The molecule has 0 spiro atoms. The summed E-state index contributed by atoms with van der Waals surface area (Å²) >= 11 is 0. The molecule has 2 heteroatoms. The van der Waals surface area contributed by atoms with Crippen molar-refractivity contribution in [3.8, 4) is 0 Å². The molecule has 0 aromatic rings. The summed E-state index contributed by atoms with van der Waals surface area (Å²) in [6.45, 7) is 7.55. The number of rotatable bonds is 2. The molecule has 2 rings (SSSR count). The summed E-state index contributed by atoms with van der Waals surface area (Å²) in [5.74, 6) is 0. The molecule has 0 saturated heterocycles. The summed E-state index contributed by atoms with van der Waals surface area (Å²) in [5.41, 5.74) is 2.72. The summed E-state index contributed by atoms with van der Waals surface area (Å²) in [6, 6.07) is 0. The van der Waals surface area contributed by atoms with E-state index in [0.717, 1.165) is 25.7 Å². The zero-order valence-corrected chi connectivity index (χ0v) is 13.8. The van der Waals surface area contributed by atoms with Gasteiger partial charge in [-0.1, -0.05) is 26.7 Å². The van der Waals surface area contributed by atoms with Crippen molar-refractivity contribution in [1.82, 2.24) is 0 Å². The van der Waals surface area contributed by atoms with Crippen LogP contribution in [-0.2, 0) is 27.2 Å². The molecule has 1 nitrogen and oxygen atoms in total. The molecule has 0 bridgehead atoms. The third-order valence-corrected chi connectivity index (χ3v) is 2.29. The summed E-state index contributed by atoms with van der Waals surface area (Å²) < 4.78 is 0. The molecule has 0 aromatic carbocycles. The van der Waals surface area contributed by atoms with Gasteiger partial charge < -0.3 is 4.79 Å². The van der Waals surface area contributed by atoms with Gasteiger partial charge in [0.1, 0.15) is 0 Å². The maximum atomic E-state index is 7.75. The first-order valence-electron chi connectivity index (χ1n) is 5.62. The molecule has 0 unspecified atom stereocenters. The minimum atomic E-state index is 0. The maximum Gasteiger partial charge on any atom is 0 e. The van der Waals surface area contributed by atoms with E-state index in [4.69, 9.17) is 4.79 Å². The van der Waals surface area contributed by atoms with Gasteiger partial charge in [0.05, 0.1) is 0 Å². The fraction of sp³-hybridized carbons (Fsp3) is 0.400. The van der Waals surface area contributed by atoms with E-state index in [1.54, 1.807) is 0 Å². The van der Waals surface area contributed by atoms with Gasteiger partial charge in [-0.15, -0.1) is 12.8 Å². The standard InChI is InChI=1S/2C7H9.CHO.Ta/c2*1-2-7-5-3-4-6-7;1-2;/h2*3,5H,2,4H2,1H3;1H;/q3*-1;. The molecule has 0 heterocycles. The average molecular weight is 396 g/mol. The molecule has 0 aliphatic heterocycles. The summed E-state index contributed by atoms with van der Waals surface area (Å²) in [5, 5.41) is 0. The van der Waals surface area contributed by atoms with Crippen LogP contribution in [0.5, 0.6) is 0 Å². The fourth-order valence-electron chi connectivity index (χ4n) is 1.39. The number of carbonyl (C=O) groups excluding carboxylic acids is 1. The molecule has 1 radical (unpaired) electrons. The third kappa shape index (κ3) is 9.11. The van der Waals surface area contributed by atoms with E-state index in [2.05, 4.69) is 57.1 Å². The van der Waals surface area contributed by atoms with E-state index in [-0.39, 0.29) is 22.4 Å². The Morgan fingerprint density at radius 2 is 1.35 bits per heavy atom. The Bertz CT molecular complexity index is 268. The molecular weight excluding hydrogens is 377 g/mol. The van der Waals surface area contributed by atoms with Gasteiger partial charge in [-0.05, 0) is 0 Å². The molecule has 0 N–H and O–H groups in total. The molecule has 0 fully saturated rings. The topological polar surface area (TPSA) is 17.1 Å². The molecule has 0 amide bonds. The Morgan fingerprint density at radius 3 is 1.47 bits per heavy atom. The fourth-order valence-corrected chi connectivity index (χ4v) is 1.39. The normalized spacial score (nSPS) is 14.7. The van der Waals surface area contributed by atoms with Crippen molar-refractivity contribution in [3.05, 3.63) is 47.6 Å². The second kappa shape index (κ2) is 13.4. The Kier molecular flexibility index (Phi) is 14.8. The van der Waals surface area contributed by atoms with E-state index in [1.165, 1.54) is 11.1 Å². The smallest absolute Gasteiger partial charge is 0 e. The maximum absolute atomic E-state index is 7.75. The average Bonchev–Trinajstić information content (AvgIpc) is 3.05. The number of hydrogen-bond donors (Lipinski definition) is 0. The zero-order valence-electron chi connectivity index (χ0n) is 10.6. The summed E-state index contributed by atoms with van der Waals surface area (Å²) in [6.07, 6.45) is 19.3. The molecular formula is C15H19OTa-3. The molecule has 2 aliphatic carbocycles. The van der Waals surface area contributed by atoms with Crippen LogP contribution in [0.1, 0.15) is 39.5 Å². The number of allylic oxidation sites excluding steroid dienone is 8. The quantitative estimate of drug-likeness (QED) is 0.511. The van der Waals surface area contributed by atoms with Gasteiger partial charge >= 0.3 is 0 Å². The van der Waals surface area contributed by atoms with E-state index < -0.39 is 0 Å². The first-order valence-corrected chi connectivity index (χ1v) is 5.62. The van der Waals surface area contributed by atoms with Crippen LogP contribution in [0.4, 0.5) is 0 Å². The molecule has 0 saturated carbocycles. The van der Waals surface area contributed by atoms with Gasteiger partial charge in [-0.3, -0.25) is 18.9 Å². The zero-order chi connectivity index (χ0) is 12.2. The van der Waals surface area contributed by atoms with Crippen LogP contribution >= 0.6 is 0 Å². The van der Waals surface area contributed by atoms with Crippen molar-refractivity contribution in [3.63, 3.8) is 0 Å². The minimum Gasteiger partial charge on any atom is -0.545 e. The Hall–Kier alpha value is -0.630. The first-order chi connectivity index (χ1) is 7.86. The van der Waals surface area contributed by atoms with Crippen LogP contribution in [0.3, 0.4) is 0 Å². The van der Waals surface area contributed by atoms with Crippen LogP contribution in [0.2, 0.25) is 0 Å². The van der Waals surface area contributed by atoms with Gasteiger partial charge in [-0.25, -0.2) is 23.3 Å². The Balaban J connectivity index is 0. The van der Waals surface area contributed by atoms with E-state index >= 15 is 0 Å². The van der Waals surface area contributed by atoms with Crippen molar-refractivity contribution < 1.29 is 27.2 Å². The second-order valence-electron chi connectivity index (χ2n) is 3.32. The first kappa shape index (κ1) is 18.7. The van der Waals surface area contributed by atoms with Gasteiger partial charge in [0.2, 0.25) is 0 Å². The van der Waals surface area contributed by atoms with Crippen LogP contribution in [-0.4, -0.2) is 6.79 Å². The van der Waals surface area contributed by atoms with Crippen molar-refractivity contribution >= 4 is 6.79 Å². The van der Waals surface area contributed by atoms with Gasteiger partial charge in [0.15, 0.2) is 0 Å². The largest absolute Gasteiger partial charge is 0.545 e. The molecule has 0 atom stereocenters. The van der Waals surface area contributed by atoms with Crippen LogP contribution in [0, 0.1) is 12.2 Å². The van der Waals surface area contributed by atoms with Gasteiger partial charge in [0.25, 0.3) is 0 Å². The van der Waals surface area contributed by atoms with Gasteiger partial charge in [-0.2, -0.15) is 12.2 Å². The minimum absolute atomic E-state index is 0. The van der Waals surface area contributed by atoms with Crippen molar-refractivity contribution in [2.45, 2.75) is 39.5 Å². The Morgan fingerprint density at radius 1 is 1.00 bits per heavy atom. The molecule has 17 heavy (non-hydrogen) atoms. The van der Waals surface area contributed by atoms with Crippen molar-refractivity contribution in [2.75, 3.05) is 0 Å². The van der Waals surface area contributed by atoms with Gasteiger partial charge in [0, 0.05) is 22.4 Å². The second-order valence-corrected chi connectivity index (χ2v) is 3.32. The van der Waals surface area contributed by atoms with E-state index in [0.29, 0.717) is 0 Å². The summed E-state index contributed by atoms with van der Waals surface area (Å²) in [4.78, 5) is 7.75. The van der Waals surface area contributed by atoms with Crippen LogP contribution in [0.25, 0.3) is 0 Å². The monoisotopic (exact) mass is 396 g/mol. The van der Waals surface area contributed by atoms with Crippen LogP contribution < -0.4 is 0 Å².